The topological polar surface area (TPSA) is 88.9 Å². The van der Waals surface area contributed by atoms with Crippen molar-refractivity contribution in [3.63, 3.8) is 0 Å². The maximum Gasteiger partial charge on any atom is 0.213 e. The summed E-state index contributed by atoms with van der Waals surface area (Å²) < 4.78 is 27.9. The van der Waals surface area contributed by atoms with Gasteiger partial charge in [-0.1, -0.05) is 31.4 Å². The average Bonchev–Trinajstić information content (AvgIpc) is 3.28. The van der Waals surface area contributed by atoms with E-state index < -0.39 is 10.0 Å². The number of hydrogen-bond donors (Lipinski definition) is 2. The number of sulfonamides is 1. The predicted octanol–water partition coefficient (Wildman–Crippen LogP) is 4.00. The molecule has 3 aromatic rings. The van der Waals surface area contributed by atoms with Crippen LogP contribution in [0.1, 0.15) is 49.1 Å². The van der Waals surface area contributed by atoms with Crippen molar-refractivity contribution >= 4 is 15.7 Å². The molecule has 1 fully saturated rings. The molecule has 0 radical (unpaired) electrons. The molecule has 0 saturated heterocycles. The number of benzene rings is 1. The van der Waals surface area contributed by atoms with E-state index in [1.54, 1.807) is 6.20 Å². The van der Waals surface area contributed by atoms with Gasteiger partial charge in [-0.3, -0.25) is 9.67 Å². The van der Waals surface area contributed by atoms with Crippen LogP contribution in [0, 0.1) is 0 Å². The highest BCUT2D eigenvalue weighted by Gasteiger charge is 2.18. The first-order valence-electron chi connectivity index (χ1n) is 11.3. The summed E-state index contributed by atoms with van der Waals surface area (Å²) in [6.45, 7) is 0.981. The monoisotopic (exact) mass is 453 g/mol. The molecule has 4 rings (SSSR count). The Kier molecular flexibility index (Phi) is 7.22. The molecule has 2 N–H and O–H groups in total. The smallest absolute Gasteiger partial charge is 0.213 e. The molecule has 0 bridgehead atoms. The number of nitrogens with zero attached hydrogens (tertiary/aromatic N) is 3. The quantitative estimate of drug-likeness (QED) is 0.511. The van der Waals surface area contributed by atoms with Gasteiger partial charge in [0.05, 0.1) is 18.0 Å². The summed E-state index contributed by atoms with van der Waals surface area (Å²) in [4.78, 5) is 4.18. The van der Waals surface area contributed by atoms with Crippen molar-refractivity contribution in [1.29, 1.82) is 0 Å². The van der Waals surface area contributed by atoms with Crippen LogP contribution in [-0.4, -0.2) is 42.5 Å². The van der Waals surface area contributed by atoms with Crippen molar-refractivity contribution in [2.45, 2.75) is 44.6 Å². The molecular weight excluding hydrogens is 422 g/mol. The predicted molar refractivity (Wildman–Crippen MR) is 128 cm³/mol. The second kappa shape index (κ2) is 10.3. The van der Waals surface area contributed by atoms with Gasteiger partial charge in [0, 0.05) is 36.4 Å². The fourth-order valence-corrected chi connectivity index (χ4v) is 4.89. The molecule has 32 heavy (non-hydrogen) atoms. The molecule has 1 aromatic carbocycles. The van der Waals surface area contributed by atoms with Crippen LogP contribution >= 0.6 is 0 Å². The Labute approximate surface area is 190 Å². The van der Waals surface area contributed by atoms with Crippen LogP contribution in [-0.2, 0) is 16.6 Å². The maximum atomic E-state index is 11.8. The first-order valence-corrected chi connectivity index (χ1v) is 12.9. The summed E-state index contributed by atoms with van der Waals surface area (Å²) in [5.41, 5.74) is 5.23. The zero-order valence-electron chi connectivity index (χ0n) is 18.5. The average molecular weight is 454 g/mol. The van der Waals surface area contributed by atoms with Crippen LogP contribution in [0.25, 0.3) is 11.3 Å². The number of rotatable bonds is 9. The summed E-state index contributed by atoms with van der Waals surface area (Å²) in [6.07, 6.45) is 11.9. The van der Waals surface area contributed by atoms with Gasteiger partial charge in [-0.05, 0) is 61.2 Å². The van der Waals surface area contributed by atoms with Gasteiger partial charge in [0.2, 0.25) is 10.0 Å². The largest absolute Gasteiger partial charge is 0.383 e. The van der Waals surface area contributed by atoms with Crippen molar-refractivity contribution in [2.75, 3.05) is 24.7 Å². The molecule has 170 valence electrons. The van der Waals surface area contributed by atoms with Crippen molar-refractivity contribution in [3.8, 4) is 11.3 Å². The highest BCUT2D eigenvalue weighted by atomic mass is 32.2. The summed E-state index contributed by atoms with van der Waals surface area (Å²) in [7, 11) is -1.82. The standard InChI is InChI=1S/C24H31N5O2S/c1-25-32(30,31)15-13-27-23-10-9-21(20-7-3-2-4-8-20)16-22(23)24-11-14-29(28-24)18-19-6-5-12-26-17-19/h5-6,9-12,14,16-17,20,25,27H,2-4,7-8,13,15,18H2,1H3. The van der Waals surface area contributed by atoms with Gasteiger partial charge in [-0.25, -0.2) is 13.1 Å². The molecule has 2 heterocycles. The van der Waals surface area contributed by atoms with E-state index in [1.165, 1.54) is 44.7 Å². The fourth-order valence-electron chi connectivity index (χ4n) is 4.31. The minimum atomic E-state index is -3.26. The van der Waals surface area contributed by atoms with Gasteiger partial charge >= 0.3 is 0 Å². The maximum absolute atomic E-state index is 11.8. The first-order chi connectivity index (χ1) is 15.5. The third-order valence-corrected chi connectivity index (χ3v) is 7.47. The summed E-state index contributed by atoms with van der Waals surface area (Å²) in [5.74, 6) is 0.599. The van der Waals surface area contributed by atoms with Crippen molar-refractivity contribution in [3.05, 3.63) is 66.1 Å². The van der Waals surface area contributed by atoms with Crippen LogP contribution in [0.15, 0.2) is 55.0 Å². The van der Waals surface area contributed by atoms with Crippen LogP contribution in [0.5, 0.6) is 0 Å². The second-order valence-corrected chi connectivity index (χ2v) is 10.4. The Morgan fingerprint density at radius 3 is 2.72 bits per heavy atom. The Balaban J connectivity index is 1.59. The highest BCUT2D eigenvalue weighted by Crippen LogP contribution is 2.36. The molecule has 0 spiro atoms. The van der Waals surface area contributed by atoms with Gasteiger partial charge in [-0.2, -0.15) is 5.10 Å². The zero-order chi connectivity index (χ0) is 22.4. The van der Waals surface area contributed by atoms with E-state index in [0.29, 0.717) is 19.0 Å². The van der Waals surface area contributed by atoms with E-state index in [4.69, 9.17) is 5.10 Å². The Bertz CT molecular complexity index is 1120. The molecule has 8 heteroatoms. The first kappa shape index (κ1) is 22.5. The lowest BCUT2D eigenvalue weighted by Gasteiger charge is -2.23. The van der Waals surface area contributed by atoms with Gasteiger partial charge < -0.3 is 5.32 Å². The number of anilines is 1. The summed E-state index contributed by atoms with van der Waals surface area (Å²) in [6, 6.07) is 12.5. The molecule has 0 amide bonds. The molecule has 0 aliphatic heterocycles. The van der Waals surface area contributed by atoms with Gasteiger partial charge in [0.25, 0.3) is 0 Å². The van der Waals surface area contributed by atoms with Crippen molar-refractivity contribution < 1.29 is 8.42 Å². The van der Waals surface area contributed by atoms with Crippen LogP contribution in [0.3, 0.4) is 0 Å². The van der Waals surface area contributed by atoms with E-state index in [1.807, 2.05) is 35.3 Å². The highest BCUT2D eigenvalue weighted by molar-refractivity contribution is 7.89. The summed E-state index contributed by atoms with van der Waals surface area (Å²) >= 11 is 0. The lowest BCUT2D eigenvalue weighted by molar-refractivity contribution is 0.444. The van der Waals surface area contributed by atoms with Crippen LogP contribution < -0.4 is 10.0 Å². The lowest BCUT2D eigenvalue weighted by Crippen LogP contribution is -2.26. The molecule has 1 saturated carbocycles. The van der Waals surface area contributed by atoms with Gasteiger partial charge in [0.1, 0.15) is 0 Å². The molecule has 1 aliphatic rings. The van der Waals surface area contributed by atoms with Crippen LogP contribution in [0.4, 0.5) is 5.69 Å². The Morgan fingerprint density at radius 2 is 1.97 bits per heavy atom. The van der Waals surface area contributed by atoms with Gasteiger partial charge in [0.15, 0.2) is 0 Å². The molecular formula is C24H31N5O2S. The number of nitrogens with one attached hydrogen (secondary N) is 2. The molecule has 0 atom stereocenters. The third kappa shape index (κ3) is 5.75. The van der Waals surface area contributed by atoms with Crippen LogP contribution in [0.2, 0.25) is 0 Å². The Hall–Kier alpha value is -2.71. The van der Waals surface area contributed by atoms with Gasteiger partial charge in [-0.15, -0.1) is 0 Å². The minimum Gasteiger partial charge on any atom is -0.383 e. The van der Waals surface area contributed by atoms with E-state index in [9.17, 15) is 8.42 Å². The minimum absolute atomic E-state index is 0.0166. The summed E-state index contributed by atoms with van der Waals surface area (Å²) in [5, 5.41) is 8.13. The molecule has 0 unspecified atom stereocenters. The zero-order valence-corrected chi connectivity index (χ0v) is 19.3. The molecule has 2 aromatic heterocycles. The molecule has 1 aliphatic carbocycles. The number of hydrogen-bond acceptors (Lipinski definition) is 5. The van der Waals surface area contributed by atoms with E-state index in [2.05, 4.69) is 33.2 Å². The number of pyridine rings is 1. The Morgan fingerprint density at radius 1 is 1.12 bits per heavy atom. The normalized spacial score (nSPS) is 15.0. The van der Waals surface area contributed by atoms with E-state index in [0.717, 1.165) is 22.5 Å². The van der Waals surface area contributed by atoms with Crippen molar-refractivity contribution in [1.82, 2.24) is 19.5 Å². The number of aromatic nitrogens is 3. The molecule has 7 nitrogen and oxygen atoms in total. The fraction of sp³-hybridized carbons (Fsp3) is 0.417. The second-order valence-electron chi connectivity index (χ2n) is 8.35. The van der Waals surface area contributed by atoms with Crippen molar-refractivity contribution in [2.24, 2.45) is 0 Å². The van der Waals surface area contributed by atoms with E-state index in [-0.39, 0.29) is 5.75 Å². The third-order valence-electron chi connectivity index (χ3n) is 6.10. The lowest BCUT2D eigenvalue weighted by atomic mass is 9.83. The van der Waals surface area contributed by atoms with E-state index >= 15 is 0 Å². The SMILES string of the molecule is CNS(=O)(=O)CCNc1ccc(C2CCCCC2)cc1-c1ccn(Cc2cccnc2)n1.